The van der Waals surface area contributed by atoms with Gasteiger partial charge in [-0.15, -0.1) is 0 Å². The maximum atomic E-state index is 13.2. The van der Waals surface area contributed by atoms with E-state index in [-0.39, 0.29) is 18.4 Å². The zero-order valence-electron chi connectivity index (χ0n) is 17.8. The number of amides is 2. The van der Waals surface area contributed by atoms with Crippen molar-refractivity contribution in [3.8, 4) is 0 Å². The Morgan fingerprint density at radius 1 is 1.21 bits per heavy atom. The summed E-state index contributed by atoms with van der Waals surface area (Å²) < 4.78 is 6.18. The van der Waals surface area contributed by atoms with Gasteiger partial charge in [-0.25, -0.2) is 0 Å². The van der Waals surface area contributed by atoms with Crippen molar-refractivity contribution >= 4 is 39.4 Å². The molecule has 1 heterocycles. The number of esters is 1. The lowest BCUT2D eigenvalue weighted by atomic mass is 10.1. The lowest BCUT2D eigenvalue weighted by molar-refractivity contribution is -0.160. The molecule has 1 aromatic rings. The first-order valence-corrected chi connectivity index (χ1v) is 10.5. The average molecular weight is 468 g/mol. The van der Waals surface area contributed by atoms with Crippen molar-refractivity contribution in [1.82, 2.24) is 9.80 Å². The lowest BCUT2D eigenvalue weighted by Gasteiger charge is -2.28. The maximum absolute atomic E-state index is 13.2. The summed E-state index contributed by atoms with van der Waals surface area (Å²) in [7, 11) is 3.79. The fourth-order valence-corrected chi connectivity index (χ4v) is 3.66. The maximum Gasteiger partial charge on any atom is 0.326 e. The molecule has 7 nitrogen and oxygen atoms in total. The van der Waals surface area contributed by atoms with E-state index in [4.69, 9.17) is 4.74 Å². The van der Waals surface area contributed by atoms with Crippen LogP contribution in [0.5, 0.6) is 0 Å². The largest absolute Gasteiger partial charge is 0.459 e. The highest BCUT2D eigenvalue weighted by Gasteiger charge is 2.40. The van der Waals surface area contributed by atoms with Crippen molar-refractivity contribution in [3.05, 3.63) is 28.7 Å². The van der Waals surface area contributed by atoms with Crippen molar-refractivity contribution in [3.63, 3.8) is 0 Å². The van der Waals surface area contributed by atoms with Crippen molar-refractivity contribution in [1.29, 1.82) is 0 Å². The molecule has 1 unspecified atom stereocenters. The van der Waals surface area contributed by atoms with Gasteiger partial charge in [-0.3, -0.25) is 14.4 Å². The van der Waals surface area contributed by atoms with Crippen LogP contribution >= 0.6 is 15.9 Å². The molecule has 0 aliphatic carbocycles. The fraction of sp³-hybridized carbons (Fsp3) is 0.571. The van der Waals surface area contributed by atoms with Gasteiger partial charge in [0.2, 0.25) is 11.8 Å². The van der Waals surface area contributed by atoms with E-state index in [1.165, 1.54) is 4.90 Å². The highest BCUT2D eigenvalue weighted by molar-refractivity contribution is 9.10. The second-order valence-corrected chi connectivity index (χ2v) is 9.29. The molecule has 0 saturated carbocycles. The predicted octanol–water partition coefficient (Wildman–Crippen LogP) is 2.53. The Morgan fingerprint density at radius 3 is 2.45 bits per heavy atom. The van der Waals surface area contributed by atoms with E-state index < -0.39 is 17.5 Å². The van der Waals surface area contributed by atoms with Gasteiger partial charge in [0.1, 0.15) is 18.1 Å². The molecule has 1 atom stereocenters. The lowest BCUT2D eigenvalue weighted by Crippen LogP contribution is -2.46. The molecule has 0 aromatic heterocycles. The molecule has 0 spiro atoms. The smallest absolute Gasteiger partial charge is 0.326 e. The first-order chi connectivity index (χ1) is 13.5. The molecule has 2 amide bonds. The normalized spacial score (nSPS) is 17.0. The van der Waals surface area contributed by atoms with Crippen LogP contribution in [0.2, 0.25) is 0 Å². The molecule has 1 saturated heterocycles. The van der Waals surface area contributed by atoms with Crippen molar-refractivity contribution < 1.29 is 19.1 Å². The number of carbonyl (C=O) groups excluding carboxylic acids is 3. The second-order valence-electron chi connectivity index (χ2n) is 8.43. The van der Waals surface area contributed by atoms with E-state index >= 15 is 0 Å². The average Bonchev–Trinajstić information content (AvgIpc) is 2.98. The van der Waals surface area contributed by atoms with Crippen molar-refractivity contribution in [2.75, 3.05) is 45.2 Å². The summed E-state index contributed by atoms with van der Waals surface area (Å²) >= 11 is 3.47. The highest BCUT2D eigenvalue weighted by Crippen LogP contribution is 2.32. The van der Waals surface area contributed by atoms with Crippen LogP contribution in [0.3, 0.4) is 0 Å². The molecule has 29 heavy (non-hydrogen) atoms. The van der Waals surface area contributed by atoms with Crippen molar-refractivity contribution in [2.24, 2.45) is 5.92 Å². The number of benzene rings is 1. The Kier molecular flexibility index (Phi) is 7.82. The van der Waals surface area contributed by atoms with Gasteiger partial charge in [0.25, 0.3) is 0 Å². The van der Waals surface area contributed by atoms with Gasteiger partial charge >= 0.3 is 5.97 Å². The standard InChI is InChI=1S/C21H30BrN3O4/c1-21(2,3)29-18(26)14-24(13-12-23(4)5)19(27)15-10-11-25(20(15)28)17-9-7-6-8-16(17)22/h6-9,15H,10-14H2,1-5H3. The Bertz CT molecular complexity index is 761. The van der Waals surface area contributed by atoms with Crippen LogP contribution in [-0.2, 0) is 19.1 Å². The van der Waals surface area contributed by atoms with Gasteiger partial charge in [0, 0.05) is 24.1 Å². The SMILES string of the molecule is CN(C)CCN(CC(=O)OC(C)(C)C)C(=O)C1CCN(c2ccccc2Br)C1=O. The van der Waals surface area contributed by atoms with E-state index in [2.05, 4.69) is 15.9 Å². The van der Waals surface area contributed by atoms with Crippen LogP contribution in [-0.4, -0.2) is 73.5 Å². The molecule has 1 fully saturated rings. The monoisotopic (exact) mass is 467 g/mol. The van der Waals surface area contributed by atoms with Gasteiger partial charge in [-0.1, -0.05) is 12.1 Å². The van der Waals surface area contributed by atoms with E-state index in [9.17, 15) is 14.4 Å². The number of para-hydroxylation sites is 1. The Labute approximate surface area is 181 Å². The molecule has 0 radical (unpaired) electrons. The molecular formula is C21H30BrN3O4. The zero-order chi connectivity index (χ0) is 21.8. The number of hydrogen-bond acceptors (Lipinski definition) is 5. The van der Waals surface area contributed by atoms with E-state index in [1.807, 2.05) is 43.3 Å². The van der Waals surface area contributed by atoms with Crippen molar-refractivity contribution in [2.45, 2.75) is 32.8 Å². The number of nitrogens with zero attached hydrogens (tertiary/aromatic N) is 3. The van der Waals surface area contributed by atoms with E-state index in [1.54, 1.807) is 25.7 Å². The quantitative estimate of drug-likeness (QED) is 0.455. The first kappa shape index (κ1) is 23.3. The summed E-state index contributed by atoms with van der Waals surface area (Å²) in [5.74, 6) is -1.82. The summed E-state index contributed by atoms with van der Waals surface area (Å²) in [5.41, 5.74) is 0.118. The summed E-state index contributed by atoms with van der Waals surface area (Å²) in [6.07, 6.45) is 0.422. The van der Waals surface area contributed by atoms with E-state index in [0.29, 0.717) is 26.1 Å². The molecular weight excluding hydrogens is 438 g/mol. The number of ether oxygens (including phenoxy) is 1. The number of carbonyl (C=O) groups is 3. The Morgan fingerprint density at radius 2 is 1.86 bits per heavy atom. The molecule has 0 N–H and O–H groups in total. The van der Waals surface area contributed by atoms with E-state index in [0.717, 1.165) is 10.2 Å². The van der Waals surface area contributed by atoms with Crippen LogP contribution in [0, 0.1) is 5.92 Å². The zero-order valence-corrected chi connectivity index (χ0v) is 19.4. The summed E-state index contributed by atoms with van der Waals surface area (Å²) in [6, 6.07) is 7.44. The van der Waals surface area contributed by atoms with Crippen LogP contribution in [0.1, 0.15) is 27.2 Å². The fourth-order valence-electron chi connectivity index (χ4n) is 3.16. The molecule has 160 valence electrons. The van der Waals surface area contributed by atoms with Gasteiger partial charge in [-0.2, -0.15) is 0 Å². The first-order valence-electron chi connectivity index (χ1n) is 9.71. The van der Waals surface area contributed by atoms with Crippen LogP contribution in [0.4, 0.5) is 5.69 Å². The summed E-state index contributed by atoms with van der Waals surface area (Å²) in [6.45, 7) is 6.59. The number of hydrogen-bond donors (Lipinski definition) is 0. The topological polar surface area (TPSA) is 70.2 Å². The third-order valence-corrected chi connectivity index (χ3v) is 5.19. The Balaban J connectivity index is 2.14. The minimum absolute atomic E-state index is 0.164. The molecule has 1 aliphatic heterocycles. The summed E-state index contributed by atoms with van der Waals surface area (Å²) in [4.78, 5) is 43.5. The predicted molar refractivity (Wildman–Crippen MR) is 116 cm³/mol. The number of likely N-dealkylation sites (N-methyl/N-ethyl adjacent to an activating group) is 1. The van der Waals surface area contributed by atoms with Crippen LogP contribution in [0.15, 0.2) is 28.7 Å². The van der Waals surface area contributed by atoms with Crippen LogP contribution in [0.25, 0.3) is 0 Å². The highest BCUT2D eigenvalue weighted by atomic mass is 79.9. The van der Waals surface area contributed by atoms with Gasteiger partial charge in [-0.05, 0) is 69.4 Å². The number of anilines is 1. The number of rotatable bonds is 7. The molecule has 2 rings (SSSR count). The van der Waals surface area contributed by atoms with Gasteiger partial charge in [0.15, 0.2) is 0 Å². The Hall–Kier alpha value is -1.93. The second kappa shape index (κ2) is 9.71. The molecule has 1 aliphatic rings. The third-order valence-electron chi connectivity index (χ3n) is 4.52. The van der Waals surface area contributed by atoms with Crippen LogP contribution < -0.4 is 4.90 Å². The minimum Gasteiger partial charge on any atom is -0.459 e. The molecule has 1 aromatic carbocycles. The minimum atomic E-state index is -0.785. The molecule has 8 heteroatoms. The summed E-state index contributed by atoms with van der Waals surface area (Å²) in [5, 5.41) is 0. The number of halogens is 1. The van der Waals surface area contributed by atoms with Gasteiger partial charge < -0.3 is 19.4 Å². The molecule has 0 bridgehead atoms. The third kappa shape index (κ3) is 6.54. The van der Waals surface area contributed by atoms with Gasteiger partial charge in [0.05, 0.1) is 5.69 Å².